The van der Waals surface area contributed by atoms with E-state index in [2.05, 4.69) is 31.2 Å². The molecule has 0 radical (unpaired) electrons. The zero-order chi connectivity index (χ0) is 22.8. The number of benzene rings is 2. The zero-order valence-electron chi connectivity index (χ0n) is 18.8. The lowest BCUT2D eigenvalue weighted by Gasteiger charge is -2.25. The van der Waals surface area contributed by atoms with Crippen molar-refractivity contribution >= 4 is 0 Å². The van der Waals surface area contributed by atoms with Gasteiger partial charge < -0.3 is 14.6 Å². The Labute approximate surface area is 185 Å². The number of phenols is 1. The molecular weight excluding hydrogens is 388 g/mol. The molecule has 0 heterocycles. The van der Waals surface area contributed by atoms with E-state index in [0.29, 0.717) is 13.0 Å². The number of phenolic OH excluding ortho intramolecular Hbond substituents is 1. The van der Waals surface area contributed by atoms with Gasteiger partial charge in [-0.15, -0.1) is 0 Å². The topological polar surface area (TPSA) is 86.3 Å². The van der Waals surface area contributed by atoms with Crippen molar-refractivity contribution < 1.29 is 14.6 Å². The van der Waals surface area contributed by atoms with Gasteiger partial charge in [-0.05, 0) is 80.8 Å². The van der Waals surface area contributed by atoms with Crippen molar-refractivity contribution in [2.45, 2.75) is 58.7 Å². The van der Waals surface area contributed by atoms with Gasteiger partial charge in [0.05, 0.1) is 24.0 Å². The first-order valence-electron chi connectivity index (χ1n) is 10.8. The molecule has 0 bridgehead atoms. The number of hydrogen-bond acceptors (Lipinski definition) is 5. The van der Waals surface area contributed by atoms with E-state index >= 15 is 0 Å². The van der Waals surface area contributed by atoms with Crippen LogP contribution < -0.4 is 4.74 Å². The molecular formula is C26H32N2O3. The molecule has 2 aromatic rings. The predicted molar refractivity (Wildman–Crippen MR) is 121 cm³/mol. The minimum absolute atomic E-state index is 0.102. The van der Waals surface area contributed by atoms with E-state index in [4.69, 9.17) is 9.47 Å². The average Bonchev–Trinajstić information content (AvgIpc) is 2.77. The van der Waals surface area contributed by atoms with Gasteiger partial charge in [-0.3, -0.25) is 0 Å². The Hall–Kier alpha value is -3.02. The highest BCUT2D eigenvalue weighted by Gasteiger charge is 2.25. The van der Waals surface area contributed by atoms with Crippen LogP contribution in [0.15, 0.2) is 48.5 Å². The van der Waals surface area contributed by atoms with Crippen LogP contribution in [0, 0.1) is 34.5 Å². The standard InChI is InChI=1S/C26H32N2O3/c1-5-30-20(4)31-26-12-8-21(9-13-26)18(2)14-23(15-24(17-28)19(3)16-27)22-6-10-25(29)11-7-22/h6-13,18-20,23-24,29H,5,14-15H2,1-4H3. The molecule has 0 saturated heterocycles. The molecule has 0 saturated carbocycles. The van der Waals surface area contributed by atoms with Crippen LogP contribution in [0.3, 0.4) is 0 Å². The van der Waals surface area contributed by atoms with Crippen molar-refractivity contribution in [3.05, 3.63) is 59.7 Å². The Morgan fingerprint density at radius 1 is 0.871 bits per heavy atom. The van der Waals surface area contributed by atoms with E-state index in [0.717, 1.165) is 17.7 Å². The summed E-state index contributed by atoms with van der Waals surface area (Å²) in [6.07, 6.45) is 1.14. The fourth-order valence-electron chi connectivity index (χ4n) is 3.78. The molecule has 5 atom stereocenters. The van der Waals surface area contributed by atoms with Crippen molar-refractivity contribution in [1.82, 2.24) is 0 Å². The van der Waals surface area contributed by atoms with Crippen LogP contribution in [-0.4, -0.2) is 18.0 Å². The van der Waals surface area contributed by atoms with Crippen LogP contribution in [-0.2, 0) is 4.74 Å². The van der Waals surface area contributed by atoms with Crippen molar-refractivity contribution in [3.63, 3.8) is 0 Å². The Bertz CT molecular complexity index is 881. The molecule has 0 aromatic heterocycles. The molecule has 1 N–H and O–H groups in total. The summed E-state index contributed by atoms with van der Waals surface area (Å²) in [7, 11) is 0. The number of nitrogens with zero attached hydrogens (tertiary/aromatic N) is 2. The van der Waals surface area contributed by atoms with Crippen molar-refractivity contribution in [3.8, 4) is 23.6 Å². The van der Waals surface area contributed by atoms with Gasteiger partial charge in [0, 0.05) is 6.61 Å². The second kappa shape index (κ2) is 12.0. The van der Waals surface area contributed by atoms with E-state index < -0.39 is 0 Å². The van der Waals surface area contributed by atoms with Crippen molar-refractivity contribution in [2.75, 3.05) is 6.61 Å². The normalized spacial score (nSPS) is 15.7. The van der Waals surface area contributed by atoms with Gasteiger partial charge in [0.1, 0.15) is 11.5 Å². The van der Waals surface area contributed by atoms with Gasteiger partial charge in [-0.25, -0.2) is 0 Å². The second-order valence-electron chi connectivity index (χ2n) is 8.02. The molecule has 0 fully saturated rings. The minimum atomic E-state index is -0.341. The molecule has 5 heteroatoms. The van der Waals surface area contributed by atoms with Gasteiger partial charge in [0.2, 0.25) is 0 Å². The summed E-state index contributed by atoms with van der Waals surface area (Å²) in [6.45, 7) is 8.37. The highest BCUT2D eigenvalue weighted by molar-refractivity contribution is 5.32. The first-order valence-corrected chi connectivity index (χ1v) is 10.8. The van der Waals surface area contributed by atoms with Crippen LogP contribution in [0.4, 0.5) is 0 Å². The molecule has 0 aliphatic carbocycles. The van der Waals surface area contributed by atoms with Crippen molar-refractivity contribution in [2.24, 2.45) is 11.8 Å². The summed E-state index contributed by atoms with van der Waals surface area (Å²) in [5.41, 5.74) is 2.25. The number of nitriles is 2. The highest BCUT2D eigenvalue weighted by Crippen LogP contribution is 2.36. The fourth-order valence-corrected chi connectivity index (χ4v) is 3.78. The average molecular weight is 421 g/mol. The maximum absolute atomic E-state index is 9.66. The Morgan fingerprint density at radius 3 is 2.03 bits per heavy atom. The molecule has 2 aromatic carbocycles. The van der Waals surface area contributed by atoms with E-state index in [1.54, 1.807) is 19.1 Å². The van der Waals surface area contributed by atoms with Crippen molar-refractivity contribution in [1.29, 1.82) is 10.5 Å². The lowest BCUT2D eigenvalue weighted by molar-refractivity contribution is -0.0613. The van der Waals surface area contributed by atoms with E-state index in [1.807, 2.05) is 38.1 Å². The van der Waals surface area contributed by atoms with Crippen LogP contribution in [0.2, 0.25) is 0 Å². The summed E-state index contributed by atoms with van der Waals surface area (Å²) in [5.74, 6) is 0.656. The first kappa shape index (κ1) is 24.3. The lowest BCUT2D eigenvalue weighted by atomic mass is 9.78. The molecule has 31 heavy (non-hydrogen) atoms. The Morgan fingerprint density at radius 2 is 1.48 bits per heavy atom. The smallest absolute Gasteiger partial charge is 0.196 e. The van der Waals surface area contributed by atoms with Gasteiger partial charge in [-0.1, -0.05) is 31.2 Å². The van der Waals surface area contributed by atoms with E-state index in [9.17, 15) is 15.6 Å². The van der Waals surface area contributed by atoms with Gasteiger partial charge in [0.25, 0.3) is 0 Å². The molecule has 2 rings (SSSR count). The minimum Gasteiger partial charge on any atom is -0.508 e. The van der Waals surface area contributed by atoms with Crippen LogP contribution in [0.5, 0.6) is 11.5 Å². The molecule has 0 aliphatic heterocycles. The maximum Gasteiger partial charge on any atom is 0.196 e. The van der Waals surface area contributed by atoms with Gasteiger partial charge >= 0.3 is 0 Å². The fraction of sp³-hybridized carbons (Fsp3) is 0.462. The van der Waals surface area contributed by atoms with E-state index in [1.165, 1.54) is 5.56 Å². The molecule has 5 nitrogen and oxygen atoms in total. The predicted octanol–water partition coefficient (Wildman–Crippen LogP) is 6.12. The number of aromatic hydroxyl groups is 1. The molecule has 0 aliphatic rings. The Balaban J connectivity index is 2.16. The summed E-state index contributed by atoms with van der Waals surface area (Å²) in [6, 6.07) is 19.7. The van der Waals surface area contributed by atoms with Crippen LogP contribution >= 0.6 is 0 Å². The molecule has 0 spiro atoms. The third kappa shape index (κ3) is 7.31. The highest BCUT2D eigenvalue weighted by atomic mass is 16.7. The summed E-state index contributed by atoms with van der Waals surface area (Å²) in [4.78, 5) is 0. The zero-order valence-corrected chi connectivity index (χ0v) is 18.8. The monoisotopic (exact) mass is 420 g/mol. The number of ether oxygens (including phenoxy) is 2. The Kier molecular flexibility index (Phi) is 9.38. The van der Waals surface area contributed by atoms with Gasteiger partial charge in [0.15, 0.2) is 6.29 Å². The lowest BCUT2D eigenvalue weighted by Crippen LogP contribution is -2.16. The largest absolute Gasteiger partial charge is 0.508 e. The SMILES string of the molecule is CCOC(C)Oc1ccc(C(C)CC(CC(C#N)C(C)C#N)c2ccc(O)cc2)cc1. The molecule has 0 amide bonds. The molecule has 164 valence electrons. The number of rotatable bonds is 11. The number of hydrogen-bond donors (Lipinski definition) is 1. The van der Waals surface area contributed by atoms with Crippen LogP contribution in [0.1, 0.15) is 63.5 Å². The molecule has 5 unspecified atom stereocenters. The quantitative estimate of drug-likeness (QED) is 0.443. The third-order valence-electron chi connectivity index (χ3n) is 5.67. The van der Waals surface area contributed by atoms with E-state index in [-0.39, 0.29) is 35.7 Å². The maximum atomic E-state index is 9.66. The third-order valence-corrected chi connectivity index (χ3v) is 5.67. The first-order chi connectivity index (χ1) is 14.9. The summed E-state index contributed by atoms with van der Waals surface area (Å²) >= 11 is 0. The van der Waals surface area contributed by atoms with Crippen LogP contribution in [0.25, 0.3) is 0 Å². The van der Waals surface area contributed by atoms with Gasteiger partial charge in [-0.2, -0.15) is 10.5 Å². The second-order valence-corrected chi connectivity index (χ2v) is 8.02. The summed E-state index contributed by atoms with van der Waals surface area (Å²) < 4.78 is 11.2. The summed E-state index contributed by atoms with van der Waals surface area (Å²) in [5, 5.41) is 28.5.